The second-order valence-corrected chi connectivity index (χ2v) is 9.56. The Morgan fingerprint density at radius 1 is 1.09 bits per heavy atom. The number of esters is 1. The minimum atomic E-state index is -3.39. The lowest BCUT2D eigenvalue weighted by Crippen LogP contribution is -2.34. The van der Waals surface area contributed by atoms with Crippen molar-refractivity contribution < 1.29 is 31.9 Å². The summed E-state index contributed by atoms with van der Waals surface area (Å²) in [6, 6.07) is 15.6. The molecule has 0 atom stereocenters. The molecule has 0 bridgehead atoms. The molecule has 1 aromatic heterocycles. The van der Waals surface area contributed by atoms with Crippen LogP contribution in [0.5, 0.6) is 5.75 Å². The highest BCUT2D eigenvalue weighted by atomic mass is 32.2. The Hall–Kier alpha value is -3.59. The zero-order valence-electron chi connectivity index (χ0n) is 18.0. The number of hydrogen-bond donors (Lipinski definition) is 0. The van der Waals surface area contributed by atoms with E-state index in [1.54, 1.807) is 36.4 Å². The summed E-state index contributed by atoms with van der Waals surface area (Å²) in [5, 5.41) is 0. The number of aryl methyl sites for hydroxylation is 1. The Balaban J connectivity index is 1.39. The van der Waals surface area contributed by atoms with E-state index in [2.05, 4.69) is 0 Å². The van der Waals surface area contributed by atoms with Gasteiger partial charge in [0.05, 0.1) is 18.2 Å². The molecule has 4 rings (SSSR count). The first-order valence-electron chi connectivity index (χ1n) is 10.4. The molecule has 0 amide bonds. The largest absolute Gasteiger partial charge is 0.489 e. The molecule has 0 fully saturated rings. The summed E-state index contributed by atoms with van der Waals surface area (Å²) >= 11 is 0. The van der Waals surface area contributed by atoms with Crippen LogP contribution in [0.3, 0.4) is 0 Å². The molecule has 0 saturated carbocycles. The van der Waals surface area contributed by atoms with Gasteiger partial charge >= 0.3 is 5.97 Å². The van der Waals surface area contributed by atoms with E-state index < -0.39 is 28.4 Å². The fourth-order valence-corrected chi connectivity index (χ4v) is 4.66. The number of Topliss-reactive ketones (excluding diaryl/α,β-unsaturated/α-hetero) is 1. The molecule has 33 heavy (non-hydrogen) atoms. The molecule has 0 spiro atoms. The number of fused-ring (bicyclic) bond motifs is 1. The number of hydrogen-bond acceptors (Lipinski definition) is 7. The lowest BCUT2D eigenvalue weighted by molar-refractivity contribution is 0.0440. The number of nitrogens with zero attached hydrogens (tertiary/aromatic N) is 1. The van der Waals surface area contributed by atoms with E-state index in [9.17, 15) is 18.0 Å². The van der Waals surface area contributed by atoms with Crippen molar-refractivity contribution in [1.82, 2.24) is 0 Å². The van der Waals surface area contributed by atoms with Gasteiger partial charge in [0, 0.05) is 17.7 Å². The van der Waals surface area contributed by atoms with Crippen LogP contribution in [0.2, 0.25) is 0 Å². The van der Waals surface area contributed by atoms with Crippen molar-refractivity contribution in [3.63, 3.8) is 0 Å². The Kier molecular flexibility index (Phi) is 6.50. The summed E-state index contributed by atoms with van der Waals surface area (Å²) in [7, 11) is -3.39. The number of anilines is 1. The van der Waals surface area contributed by atoms with E-state index in [1.807, 2.05) is 18.2 Å². The van der Waals surface area contributed by atoms with Gasteiger partial charge in [0.2, 0.25) is 15.8 Å². The van der Waals surface area contributed by atoms with Gasteiger partial charge in [0.15, 0.2) is 12.4 Å². The van der Waals surface area contributed by atoms with Crippen LogP contribution in [0.1, 0.15) is 38.5 Å². The van der Waals surface area contributed by atoms with Crippen molar-refractivity contribution in [2.75, 3.05) is 23.7 Å². The quantitative estimate of drug-likeness (QED) is 0.367. The van der Waals surface area contributed by atoms with E-state index >= 15 is 0 Å². The first kappa shape index (κ1) is 22.6. The van der Waals surface area contributed by atoms with Crippen LogP contribution >= 0.6 is 0 Å². The maximum absolute atomic E-state index is 12.6. The predicted molar refractivity (Wildman–Crippen MR) is 121 cm³/mol. The van der Waals surface area contributed by atoms with Gasteiger partial charge in [-0.15, -0.1) is 0 Å². The standard InChI is InChI=1S/C24H23NO7S/c1-33(28,29)25-12-5-6-17-14-18(9-10-21(17)25)22(26)16-32-24(27)23-19(11-13-30-23)15-31-20-7-3-2-4-8-20/h2-4,7-11,13-14H,5-6,12,15-16H2,1H3. The molecule has 0 saturated heterocycles. The molecule has 0 N–H and O–H groups in total. The van der Waals surface area contributed by atoms with E-state index in [0.717, 1.165) is 11.8 Å². The molecule has 172 valence electrons. The second-order valence-electron chi connectivity index (χ2n) is 7.66. The Morgan fingerprint density at radius 2 is 1.88 bits per heavy atom. The molecule has 0 unspecified atom stereocenters. The highest BCUT2D eigenvalue weighted by Crippen LogP contribution is 2.30. The molecule has 3 aromatic rings. The second kappa shape index (κ2) is 9.50. The SMILES string of the molecule is CS(=O)(=O)N1CCCc2cc(C(=O)COC(=O)c3occc3COc3ccccc3)ccc21. The summed E-state index contributed by atoms with van der Waals surface area (Å²) in [5.41, 5.74) is 2.21. The highest BCUT2D eigenvalue weighted by molar-refractivity contribution is 7.92. The summed E-state index contributed by atoms with van der Waals surface area (Å²) in [4.78, 5) is 25.1. The highest BCUT2D eigenvalue weighted by Gasteiger charge is 2.25. The van der Waals surface area contributed by atoms with Crippen LogP contribution in [0.4, 0.5) is 5.69 Å². The minimum Gasteiger partial charge on any atom is -0.489 e. The average molecular weight is 470 g/mol. The van der Waals surface area contributed by atoms with Crippen LogP contribution in [0.25, 0.3) is 0 Å². The summed E-state index contributed by atoms with van der Waals surface area (Å²) < 4.78 is 41.4. The zero-order valence-corrected chi connectivity index (χ0v) is 18.8. The fourth-order valence-electron chi connectivity index (χ4n) is 3.67. The number of sulfonamides is 1. The number of para-hydroxylation sites is 1. The summed E-state index contributed by atoms with van der Waals surface area (Å²) in [6.45, 7) is 0.0594. The number of ether oxygens (including phenoxy) is 2. The van der Waals surface area contributed by atoms with Crippen LogP contribution in [-0.2, 0) is 27.8 Å². The van der Waals surface area contributed by atoms with Gasteiger partial charge in [0.1, 0.15) is 12.4 Å². The van der Waals surface area contributed by atoms with Gasteiger partial charge in [0.25, 0.3) is 0 Å². The van der Waals surface area contributed by atoms with Crippen LogP contribution in [-0.4, -0.2) is 39.6 Å². The van der Waals surface area contributed by atoms with Crippen LogP contribution < -0.4 is 9.04 Å². The van der Waals surface area contributed by atoms with Gasteiger partial charge in [-0.25, -0.2) is 13.2 Å². The third-order valence-corrected chi connectivity index (χ3v) is 6.46. The number of ketones is 1. The molecule has 2 aromatic carbocycles. The lowest BCUT2D eigenvalue weighted by atomic mass is 9.99. The number of benzene rings is 2. The van der Waals surface area contributed by atoms with E-state index in [-0.39, 0.29) is 12.4 Å². The first-order valence-corrected chi connectivity index (χ1v) is 12.2. The van der Waals surface area contributed by atoms with Crippen molar-refractivity contribution in [1.29, 1.82) is 0 Å². The molecule has 1 aliphatic rings. The molecule has 1 aliphatic heterocycles. The van der Waals surface area contributed by atoms with Gasteiger partial charge in [-0.05, 0) is 54.8 Å². The van der Waals surface area contributed by atoms with Gasteiger partial charge in [-0.3, -0.25) is 9.10 Å². The fraction of sp³-hybridized carbons (Fsp3) is 0.250. The Labute approximate surface area is 191 Å². The number of rotatable bonds is 8. The molecule has 2 heterocycles. The van der Waals surface area contributed by atoms with Crippen molar-refractivity contribution in [3.8, 4) is 5.75 Å². The maximum atomic E-state index is 12.6. The maximum Gasteiger partial charge on any atom is 0.375 e. The van der Waals surface area contributed by atoms with Crippen molar-refractivity contribution in [3.05, 3.63) is 83.3 Å². The molecule has 8 nitrogen and oxygen atoms in total. The number of carbonyl (C=O) groups is 2. The zero-order chi connectivity index (χ0) is 23.4. The molecule has 9 heteroatoms. The molecule has 0 radical (unpaired) electrons. The number of furan rings is 1. The summed E-state index contributed by atoms with van der Waals surface area (Å²) in [6.07, 6.45) is 3.85. The van der Waals surface area contributed by atoms with E-state index in [4.69, 9.17) is 13.9 Å². The Bertz CT molecular complexity index is 1260. The normalized spacial score (nSPS) is 13.3. The third-order valence-electron chi connectivity index (χ3n) is 5.28. The van der Waals surface area contributed by atoms with Gasteiger partial charge in [-0.2, -0.15) is 0 Å². The number of carbonyl (C=O) groups excluding carboxylic acids is 2. The van der Waals surface area contributed by atoms with Gasteiger partial charge in [-0.1, -0.05) is 18.2 Å². The third kappa shape index (κ3) is 5.25. The average Bonchev–Trinajstić information content (AvgIpc) is 3.29. The minimum absolute atomic E-state index is 0.0204. The summed E-state index contributed by atoms with van der Waals surface area (Å²) in [5.74, 6) is -0.527. The van der Waals surface area contributed by atoms with Crippen LogP contribution in [0, 0.1) is 0 Å². The van der Waals surface area contributed by atoms with Crippen molar-refractivity contribution >= 4 is 27.5 Å². The van der Waals surface area contributed by atoms with Gasteiger partial charge < -0.3 is 13.9 Å². The smallest absolute Gasteiger partial charge is 0.375 e. The molecule has 0 aliphatic carbocycles. The topological polar surface area (TPSA) is 103 Å². The van der Waals surface area contributed by atoms with Crippen molar-refractivity contribution in [2.45, 2.75) is 19.4 Å². The van der Waals surface area contributed by atoms with E-state index in [0.29, 0.717) is 42.0 Å². The Morgan fingerprint density at radius 3 is 2.64 bits per heavy atom. The predicted octanol–water partition coefficient (Wildman–Crippen LogP) is 3.61. The first-order chi connectivity index (χ1) is 15.8. The van der Waals surface area contributed by atoms with Crippen LogP contribution in [0.15, 0.2) is 65.3 Å². The monoisotopic (exact) mass is 469 g/mol. The van der Waals surface area contributed by atoms with E-state index in [1.165, 1.54) is 10.6 Å². The lowest BCUT2D eigenvalue weighted by Gasteiger charge is -2.29. The molecular weight excluding hydrogens is 446 g/mol. The molecular formula is C24H23NO7S. The van der Waals surface area contributed by atoms with Crippen molar-refractivity contribution in [2.24, 2.45) is 0 Å².